The van der Waals surface area contributed by atoms with Crippen molar-refractivity contribution in [3.8, 4) is 6.07 Å². The molecule has 24 heavy (non-hydrogen) atoms. The van der Waals surface area contributed by atoms with E-state index in [0.29, 0.717) is 17.3 Å². The molecule has 1 heterocycles. The smallest absolute Gasteiger partial charge is 0.266 e. The van der Waals surface area contributed by atoms with Crippen molar-refractivity contribution in [2.24, 2.45) is 0 Å². The number of nitrogens with one attached hydrogen (secondary N) is 1. The van der Waals surface area contributed by atoms with E-state index in [9.17, 15) is 10.1 Å². The third kappa shape index (κ3) is 4.06. The van der Waals surface area contributed by atoms with Gasteiger partial charge in [0.2, 0.25) is 5.88 Å². The molecule has 124 valence electrons. The molecule has 0 saturated carbocycles. The van der Waals surface area contributed by atoms with Gasteiger partial charge in [-0.25, -0.2) is 0 Å². The Morgan fingerprint density at radius 3 is 2.54 bits per heavy atom. The topological polar surface area (TPSA) is 69.3 Å². The number of carbonyl (C=O) groups is 1. The van der Waals surface area contributed by atoms with Gasteiger partial charge < -0.3 is 14.6 Å². The van der Waals surface area contributed by atoms with Crippen LogP contribution in [0.5, 0.6) is 0 Å². The van der Waals surface area contributed by atoms with Crippen LogP contribution in [-0.2, 0) is 4.79 Å². The predicted octanol–water partition coefficient (Wildman–Crippen LogP) is 4.27. The second kappa shape index (κ2) is 7.37. The number of carbonyl (C=O) groups excluding carboxylic acids is 1. The molecule has 1 aromatic heterocycles. The third-order valence-electron chi connectivity index (χ3n) is 3.51. The molecule has 0 spiro atoms. The van der Waals surface area contributed by atoms with E-state index >= 15 is 0 Å². The summed E-state index contributed by atoms with van der Waals surface area (Å²) in [6.45, 7) is 3.97. The van der Waals surface area contributed by atoms with Crippen molar-refractivity contribution in [2.75, 3.05) is 24.3 Å². The maximum Gasteiger partial charge on any atom is 0.266 e. The first-order valence-electron chi connectivity index (χ1n) is 7.29. The molecule has 0 aliphatic rings. The standard InChI is InChI=1S/C18H18BrN3O2/c1-11-5-6-14(7-12(11)2)21-17(23)13(10-20)8-15-9-16(19)18(24-15)22(3)4/h5-9H,1-4H3,(H,21,23)/b13-8-. The van der Waals surface area contributed by atoms with E-state index in [1.54, 1.807) is 11.0 Å². The van der Waals surface area contributed by atoms with Crippen LogP contribution in [0.4, 0.5) is 11.6 Å². The zero-order valence-electron chi connectivity index (χ0n) is 14.0. The minimum absolute atomic E-state index is 0.0280. The molecule has 0 fully saturated rings. The lowest BCUT2D eigenvalue weighted by Crippen LogP contribution is -2.13. The summed E-state index contributed by atoms with van der Waals surface area (Å²) in [5.74, 6) is 0.574. The zero-order valence-corrected chi connectivity index (χ0v) is 15.6. The largest absolute Gasteiger partial charge is 0.440 e. The Hall–Kier alpha value is -2.52. The van der Waals surface area contributed by atoms with Crippen LogP contribution < -0.4 is 10.2 Å². The highest BCUT2D eigenvalue weighted by molar-refractivity contribution is 9.10. The molecule has 2 rings (SSSR count). The number of furan rings is 1. The van der Waals surface area contributed by atoms with E-state index in [0.717, 1.165) is 15.6 Å². The Labute approximate surface area is 149 Å². The average molecular weight is 388 g/mol. The molecular formula is C18H18BrN3O2. The summed E-state index contributed by atoms with van der Waals surface area (Å²) in [7, 11) is 3.68. The lowest BCUT2D eigenvalue weighted by atomic mass is 10.1. The second-order valence-corrected chi connectivity index (χ2v) is 6.47. The van der Waals surface area contributed by atoms with Crippen molar-refractivity contribution in [1.82, 2.24) is 0 Å². The van der Waals surface area contributed by atoms with Gasteiger partial charge in [-0.05, 0) is 53.0 Å². The van der Waals surface area contributed by atoms with Crippen molar-refractivity contribution in [2.45, 2.75) is 13.8 Å². The summed E-state index contributed by atoms with van der Waals surface area (Å²) in [5.41, 5.74) is 2.83. The highest BCUT2D eigenvalue weighted by Gasteiger charge is 2.14. The van der Waals surface area contributed by atoms with E-state index in [2.05, 4.69) is 21.2 Å². The number of aryl methyl sites for hydroxylation is 2. The number of nitriles is 1. The molecule has 6 heteroatoms. The number of rotatable bonds is 4. The summed E-state index contributed by atoms with van der Waals surface area (Å²) >= 11 is 3.39. The Morgan fingerprint density at radius 1 is 1.29 bits per heavy atom. The normalized spacial score (nSPS) is 11.1. The Morgan fingerprint density at radius 2 is 2.00 bits per heavy atom. The summed E-state index contributed by atoms with van der Waals surface area (Å²) in [6.07, 6.45) is 1.42. The maximum atomic E-state index is 12.3. The first-order valence-corrected chi connectivity index (χ1v) is 8.08. The van der Waals surface area contributed by atoms with Crippen molar-refractivity contribution in [3.05, 3.63) is 51.2 Å². The quantitative estimate of drug-likeness (QED) is 0.627. The summed E-state index contributed by atoms with van der Waals surface area (Å²) in [4.78, 5) is 14.1. The Kier molecular flexibility index (Phi) is 5.47. The second-order valence-electron chi connectivity index (χ2n) is 5.62. The van der Waals surface area contributed by atoms with Crippen molar-refractivity contribution >= 4 is 39.5 Å². The fraction of sp³-hybridized carbons (Fsp3) is 0.222. The van der Waals surface area contributed by atoms with Gasteiger partial charge in [0.1, 0.15) is 17.4 Å². The van der Waals surface area contributed by atoms with Gasteiger partial charge in [0.05, 0.1) is 4.47 Å². The molecule has 0 bridgehead atoms. The summed E-state index contributed by atoms with van der Waals surface area (Å²) < 4.78 is 6.37. The number of benzene rings is 1. The number of nitrogens with zero attached hydrogens (tertiary/aromatic N) is 2. The van der Waals surface area contributed by atoms with Gasteiger partial charge in [0.15, 0.2) is 0 Å². The molecule has 0 radical (unpaired) electrons. The number of anilines is 2. The lowest BCUT2D eigenvalue weighted by Gasteiger charge is -2.08. The van der Waals surface area contributed by atoms with E-state index in [1.165, 1.54) is 6.08 Å². The summed E-state index contributed by atoms with van der Waals surface area (Å²) in [5, 5.41) is 12.0. The van der Waals surface area contributed by atoms with Crippen molar-refractivity contribution in [3.63, 3.8) is 0 Å². The summed E-state index contributed by atoms with van der Waals surface area (Å²) in [6, 6.07) is 9.24. The van der Waals surface area contributed by atoms with Crippen LogP contribution in [0.3, 0.4) is 0 Å². The Balaban J connectivity index is 2.24. The fourth-order valence-corrected chi connectivity index (χ4v) is 2.72. The van der Waals surface area contributed by atoms with Gasteiger partial charge in [-0.3, -0.25) is 4.79 Å². The molecule has 0 unspecified atom stereocenters. The molecule has 1 aromatic carbocycles. The minimum Gasteiger partial charge on any atom is -0.440 e. The van der Waals surface area contributed by atoms with Gasteiger partial charge in [0.25, 0.3) is 5.91 Å². The molecule has 2 aromatic rings. The van der Waals surface area contributed by atoms with Gasteiger partial charge in [-0.2, -0.15) is 5.26 Å². The molecule has 1 N–H and O–H groups in total. The molecule has 0 aliphatic carbocycles. The van der Waals surface area contributed by atoms with Crippen LogP contribution in [0.2, 0.25) is 0 Å². The van der Waals surface area contributed by atoms with Crippen LogP contribution in [0.1, 0.15) is 16.9 Å². The van der Waals surface area contributed by atoms with Crippen LogP contribution in [0.15, 0.2) is 38.7 Å². The van der Waals surface area contributed by atoms with Crippen LogP contribution in [-0.4, -0.2) is 20.0 Å². The first-order chi connectivity index (χ1) is 11.3. The average Bonchev–Trinajstić information content (AvgIpc) is 2.89. The van der Waals surface area contributed by atoms with E-state index in [-0.39, 0.29) is 5.57 Å². The minimum atomic E-state index is -0.473. The monoisotopic (exact) mass is 387 g/mol. The van der Waals surface area contributed by atoms with Gasteiger partial charge in [-0.1, -0.05) is 6.07 Å². The highest BCUT2D eigenvalue weighted by atomic mass is 79.9. The van der Waals surface area contributed by atoms with E-state index in [1.807, 2.05) is 52.2 Å². The fourth-order valence-electron chi connectivity index (χ4n) is 2.06. The number of hydrogen-bond donors (Lipinski definition) is 1. The molecule has 0 aliphatic heterocycles. The Bertz CT molecular complexity index is 844. The van der Waals surface area contributed by atoms with Gasteiger partial charge >= 0.3 is 0 Å². The molecule has 1 amide bonds. The lowest BCUT2D eigenvalue weighted by molar-refractivity contribution is -0.112. The van der Waals surface area contributed by atoms with Crippen LogP contribution >= 0.6 is 15.9 Å². The zero-order chi connectivity index (χ0) is 17.9. The van der Waals surface area contributed by atoms with Crippen LogP contribution in [0, 0.1) is 25.2 Å². The first kappa shape index (κ1) is 17.8. The van der Waals surface area contributed by atoms with E-state index < -0.39 is 5.91 Å². The molecule has 0 saturated heterocycles. The van der Waals surface area contributed by atoms with E-state index in [4.69, 9.17) is 4.42 Å². The SMILES string of the molecule is Cc1ccc(NC(=O)/C(C#N)=C\c2cc(Br)c(N(C)C)o2)cc1C. The molecular weight excluding hydrogens is 370 g/mol. The number of halogens is 1. The van der Waals surface area contributed by atoms with Gasteiger partial charge in [0, 0.05) is 31.9 Å². The van der Waals surface area contributed by atoms with Crippen molar-refractivity contribution < 1.29 is 9.21 Å². The van der Waals surface area contributed by atoms with Crippen molar-refractivity contribution in [1.29, 1.82) is 5.26 Å². The maximum absolute atomic E-state index is 12.3. The number of amides is 1. The van der Waals surface area contributed by atoms with Gasteiger partial charge in [-0.15, -0.1) is 0 Å². The predicted molar refractivity (Wildman–Crippen MR) is 98.9 cm³/mol. The third-order valence-corrected chi connectivity index (χ3v) is 4.08. The molecule has 0 atom stereocenters. The van der Waals surface area contributed by atoms with Crippen LogP contribution in [0.25, 0.3) is 6.08 Å². The molecule has 5 nitrogen and oxygen atoms in total. The highest BCUT2D eigenvalue weighted by Crippen LogP contribution is 2.30. The number of hydrogen-bond acceptors (Lipinski definition) is 4.